The Bertz CT molecular complexity index is 511. The van der Waals surface area contributed by atoms with Gasteiger partial charge in [0.25, 0.3) is 0 Å². The first-order chi connectivity index (χ1) is 17.6. The van der Waals surface area contributed by atoms with Crippen LogP contribution in [-0.2, 0) is 49.4 Å². The SMILES string of the molecule is CCOC(=O)CC(CCC[Si](OC)(OC)OC)(CCC[Si](OC)(OC)OC)CCC[Si](OC)(OC)OC. The van der Waals surface area contributed by atoms with E-state index in [1.165, 1.54) is 0 Å². The van der Waals surface area contributed by atoms with Crippen molar-refractivity contribution < 1.29 is 49.4 Å². The number of ether oxygens (including phenoxy) is 1. The summed E-state index contributed by atoms with van der Waals surface area (Å²) in [7, 11) is 6.24. The topological polar surface area (TPSA) is 109 Å². The van der Waals surface area contributed by atoms with Crippen LogP contribution in [0.4, 0.5) is 0 Å². The number of hydrogen-bond acceptors (Lipinski definition) is 11. The zero-order valence-corrected chi connectivity index (χ0v) is 27.8. The average molecular weight is 589 g/mol. The smallest absolute Gasteiger partial charge is 0.466 e. The molecule has 0 aliphatic rings. The number of hydrogen-bond donors (Lipinski definition) is 0. The van der Waals surface area contributed by atoms with E-state index < -0.39 is 26.4 Å². The maximum absolute atomic E-state index is 12.8. The van der Waals surface area contributed by atoms with E-state index in [1.54, 1.807) is 64.0 Å². The molecule has 0 bridgehead atoms. The van der Waals surface area contributed by atoms with E-state index in [1.807, 2.05) is 6.92 Å². The summed E-state index contributed by atoms with van der Waals surface area (Å²) < 4.78 is 56.0. The molecule has 0 saturated heterocycles. The van der Waals surface area contributed by atoms with Gasteiger partial charge in [-0.15, -0.1) is 0 Å². The minimum Gasteiger partial charge on any atom is -0.466 e. The largest absolute Gasteiger partial charge is 0.500 e. The van der Waals surface area contributed by atoms with Gasteiger partial charge in [-0.2, -0.15) is 0 Å². The Hall–Kier alpha value is -0.239. The average Bonchev–Trinajstić information content (AvgIpc) is 2.92. The van der Waals surface area contributed by atoms with Gasteiger partial charge in [-0.1, -0.05) is 0 Å². The Morgan fingerprint density at radius 1 is 0.541 bits per heavy atom. The van der Waals surface area contributed by atoms with Crippen LogP contribution in [0.25, 0.3) is 0 Å². The summed E-state index contributed by atoms with van der Waals surface area (Å²) >= 11 is 0. The minimum absolute atomic E-state index is 0.210. The Labute approximate surface area is 227 Å². The van der Waals surface area contributed by atoms with Gasteiger partial charge in [-0.25, -0.2) is 0 Å². The molecule has 0 aromatic carbocycles. The molecule has 37 heavy (non-hydrogen) atoms. The van der Waals surface area contributed by atoms with Crippen molar-refractivity contribution in [2.45, 2.75) is 70.0 Å². The molecule has 0 rings (SSSR count). The van der Waals surface area contributed by atoms with E-state index >= 15 is 0 Å². The standard InChI is InChI=1S/C23H52O11Si3/c1-11-34-22(24)21-23(15-12-18-35(25-2,26-3)27-4,16-13-19-36(28-5,29-6)30-7)17-14-20-37(31-8,32-9)33-10/h11-21H2,1-10H3. The van der Waals surface area contributed by atoms with Gasteiger partial charge in [0.2, 0.25) is 0 Å². The molecule has 222 valence electrons. The van der Waals surface area contributed by atoms with Crippen molar-refractivity contribution in [1.82, 2.24) is 0 Å². The molecule has 0 N–H and O–H groups in total. The van der Waals surface area contributed by atoms with Crippen LogP contribution in [0, 0.1) is 5.41 Å². The van der Waals surface area contributed by atoms with E-state index in [9.17, 15) is 4.79 Å². The van der Waals surface area contributed by atoms with Gasteiger partial charge in [-0.3, -0.25) is 4.79 Å². The fourth-order valence-electron chi connectivity index (χ4n) is 4.87. The highest BCUT2D eigenvalue weighted by molar-refractivity contribution is 6.61. The van der Waals surface area contributed by atoms with Gasteiger partial charge < -0.3 is 44.6 Å². The van der Waals surface area contributed by atoms with Crippen molar-refractivity contribution >= 4 is 32.4 Å². The molecule has 0 heterocycles. The summed E-state index contributed by atoms with van der Waals surface area (Å²) in [6.45, 7) is 2.16. The van der Waals surface area contributed by atoms with Crippen LogP contribution < -0.4 is 0 Å². The van der Waals surface area contributed by atoms with Crippen LogP contribution in [0.5, 0.6) is 0 Å². The summed E-state index contributed by atoms with van der Waals surface area (Å²) in [5.74, 6) is -0.210. The second-order valence-corrected chi connectivity index (χ2v) is 18.2. The second-order valence-electron chi connectivity index (χ2n) is 8.93. The van der Waals surface area contributed by atoms with Crippen LogP contribution in [0.15, 0.2) is 0 Å². The van der Waals surface area contributed by atoms with Gasteiger partial charge in [-0.05, 0) is 50.9 Å². The third-order valence-electron chi connectivity index (χ3n) is 7.19. The first kappa shape index (κ1) is 36.8. The van der Waals surface area contributed by atoms with Crippen LogP contribution in [0.2, 0.25) is 18.1 Å². The lowest BCUT2D eigenvalue weighted by atomic mass is 9.73. The monoisotopic (exact) mass is 588 g/mol. The molecule has 0 unspecified atom stereocenters. The van der Waals surface area contributed by atoms with Crippen molar-refractivity contribution in [1.29, 1.82) is 0 Å². The third kappa shape index (κ3) is 11.8. The highest BCUT2D eigenvalue weighted by atomic mass is 28.4. The first-order valence-electron chi connectivity index (χ1n) is 12.7. The van der Waals surface area contributed by atoms with Crippen LogP contribution in [-0.4, -0.2) is 103 Å². The number of rotatable bonds is 24. The lowest BCUT2D eigenvalue weighted by Gasteiger charge is -2.36. The fourth-order valence-corrected chi connectivity index (χ4v) is 10.0. The fraction of sp³-hybridized carbons (Fsp3) is 0.957. The van der Waals surface area contributed by atoms with Crippen LogP contribution >= 0.6 is 0 Å². The van der Waals surface area contributed by atoms with Gasteiger partial charge in [0.15, 0.2) is 0 Å². The van der Waals surface area contributed by atoms with Crippen LogP contribution in [0.1, 0.15) is 51.9 Å². The maximum Gasteiger partial charge on any atom is 0.500 e. The molecule has 0 saturated carbocycles. The van der Waals surface area contributed by atoms with E-state index in [-0.39, 0.29) is 11.4 Å². The molecule has 0 atom stereocenters. The quantitative estimate of drug-likeness (QED) is 0.121. The maximum atomic E-state index is 12.8. The zero-order valence-electron chi connectivity index (χ0n) is 24.8. The highest BCUT2D eigenvalue weighted by Gasteiger charge is 2.43. The molecule has 0 amide bonds. The lowest BCUT2D eigenvalue weighted by molar-refractivity contribution is -0.146. The number of carbonyl (C=O) groups is 1. The molecule has 11 nitrogen and oxygen atoms in total. The summed E-state index contributed by atoms with van der Waals surface area (Å²) in [6, 6.07) is 1.92. The van der Waals surface area contributed by atoms with E-state index in [0.717, 1.165) is 38.5 Å². The van der Waals surface area contributed by atoms with Crippen molar-refractivity contribution in [2.24, 2.45) is 5.41 Å². The summed E-state index contributed by atoms with van der Waals surface area (Å²) in [4.78, 5) is 12.8. The van der Waals surface area contributed by atoms with Crippen molar-refractivity contribution in [3.8, 4) is 0 Å². The summed E-state index contributed by atoms with van der Waals surface area (Å²) in [5.41, 5.74) is -0.341. The highest BCUT2D eigenvalue weighted by Crippen LogP contribution is 2.42. The molecule has 0 aliphatic carbocycles. The Balaban J connectivity index is 5.94. The predicted molar refractivity (Wildman–Crippen MR) is 146 cm³/mol. The van der Waals surface area contributed by atoms with E-state index in [0.29, 0.717) is 31.2 Å². The molecular formula is C23H52O11Si3. The third-order valence-corrected chi connectivity index (χ3v) is 15.7. The molecule has 0 aromatic rings. The first-order valence-corrected chi connectivity index (χ1v) is 18.5. The Kier molecular flexibility index (Phi) is 18.8. The zero-order chi connectivity index (χ0) is 28.4. The molecule has 14 heteroatoms. The Morgan fingerprint density at radius 3 is 1.03 bits per heavy atom. The number of carbonyl (C=O) groups excluding carboxylic acids is 1. The summed E-state index contributed by atoms with van der Waals surface area (Å²) in [5, 5.41) is 0. The Morgan fingerprint density at radius 2 is 0.811 bits per heavy atom. The molecule has 0 aliphatic heterocycles. The van der Waals surface area contributed by atoms with Crippen molar-refractivity contribution in [2.75, 3.05) is 70.6 Å². The van der Waals surface area contributed by atoms with E-state index in [4.69, 9.17) is 44.6 Å². The molecule has 0 radical (unpaired) electrons. The molecular weight excluding hydrogens is 537 g/mol. The van der Waals surface area contributed by atoms with Gasteiger partial charge in [0.05, 0.1) is 13.0 Å². The van der Waals surface area contributed by atoms with Crippen molar-refractivity contribution in [3.05, 3.63) is 0 Å². The van der Waals surface area contributed by atoms with Crippen LogP contribution in [0.3, 0.4) is 0 Å². The summed E-state index contributed by atoms with van der Waals surface area (Å²) in [6.07, 6.45) is 4.89. The second kappa shape index (κ2) is 18.9. The van der Waals surface area contributed by atoms with Gasteiger partial charge in [0.1, 0.15) is 0 Å². The molecule has 0 fully saturated rings. The lowest BCUT2D eigenvalue weighted by Crippen LogP contribution is -2.44. The van der Waals surface area contributed by atoms with Gasteiger partial charge >= 0.3 is 32.4 Å². The normalized spacial score (nSPS) is 13.2. The van der Waals surface area contributed by atoms with E-state index in [2.05, 4.69) is 0 Å². The number of esters is 1. The minimum atomic E-state index is -2.75. The van der Waals surface area contributed by atoms with Crippen molar-refractivity contribution in [3.63, 3.8) is 0 Å². The molecule has 0 spiro atoms. The van der Waals surface area contributed by atoms with Gasteiger partial charge in [0, 0.05) is 82.1 Å². The predicted octanol–water partition coefficient (Wildman–Crippen LogP) is 3.90. The molecule has 0 aromatic heterocycles.